The molecule has 0 bridgehead atoms. The van der Waals surface area contributed by atoms with Crippen molar-refractivity contribution in [2.75, 3.05) is 13.2 Å². The average Bonchev–Trinajstić information content (AvgIpc) is 2.12. The molecule has 0 saturated carbocycles. The van der Waals surface area contributed by atoms with E-state index in [1.807, 2.05) is 27.7 Å². The molecule has 0 rings (SSSR count). The van der Waals surface area contributed by atoms with Crippen molar-refractivity contribution in [2.45, 2.75) is 27.7 Å². The second kappa shape index (κ2) is 15.0. The Morgan fingerprint density at radius 2 is 1.12 bits per heavy atom. The van der Waals surface area contributed by atoms with E-state index in [9.17, 15) is 0 Å². The zero-order valence-corrected chi connectivity index (χ0v) is 15.9. The second-order valence-electron chi connectivity index (χ2n) is 3.91. The Morgan fingerprint density at radius 1 is 0.882 bits per heavy atom. The van der Waals surface area contributed by atoms with Gasteiger partial charge in [-0.1, -0.05) is 27.7 Å². The zero-order chi connectivity index (χ0) is 13.1. The molecule has 0 amide bonds. The fourth-order valence-electron chi connectivity index (χ4n) is 0.469. The summed E-state index contributed by atoms with van der Waals surface area (Å²) in [5, 5.41) is 0. The standard InChI is InChI=1S/2C5H10OS2.Pt/c2*1-4(2)3-6-5(7)8;/h2*4H,3H2,1-2H3,(H,7,8);/q;;+2/p-2. The first-order chi connectivity index (χ1) is 7.25. The van der Waals surface area contributed by atoms with Gasteiger partial charge in [-0.25, -0.2) is 0 Å². The molecule has 0 aliphatic heterocycles. The molecule has 0 aromatic rings. The van der Waals surface area contributed by atoms with Crippen LogP contribution >= 0.6 is 24.4 Å². The molecule has 0 N–H and O–H groups in total. The Kier molecular flexibility index (Phi) is 20.3. The molecule has 104 valence electrons. The minimum absolute atomic E-state index is 0. The van der Waals surface area contributed by atoms with E-state index in [2.05, 4.69) is 49.7 Å². The Labute approximate surface area is 141 Å². The topological polar surface area (TPSA) is 18.5 Å². The van der Waals surface area contributed by atoms with Crippen LogP contribution in [0.1, 0.15) is 27.7 Å². The third-order valence-corrected chi connectivity index (χ3v) is 1.54. The minimum Gasteiger partial charge on any atom is -0.513 e. The molecular formula is C10H18O2PtS4. The molecule has 0 aromatic heterocycles. The Morgan fingerprint density at radius 3 is 1.18 bits per heavy atom. The maximum Gasteiger partial charge on any atom is 2.00 e. The number of hydrogen-bond donors (Lipinski definition) is 0. The van der Waals surface area contributed by atoms with Crippen LogP contribution in [-0.4, -0.2) is 22.0 Å². The minimum atomic E-state index is 0. The van der Waals surface area contributed by atoms with Gasteiger partial charge in [-0.15, -0.1) is 0 Å². The SMILES string of the molecule is CC(C)COC(=S)[S-].CC(C)COC(=S)[S-].[Pt+2]. The predicted octanol–water partition coefficient (Wildman–Crippen LogP) is 2.98. The molecule has 0 heterocycles. The van der Waals surface area contributed by atoms with Crippen molar-refractivity contribution >= 4 is 58.5 Å². The van der Waals surface area contributed by atoms with Gasteiger partial charge in [0.25, 0.3) is 0 Å². The van der Waals surface area contributed by atoms with Crippen molar-refractivity contribution in [3.8, 4) is 0 Å². The van der Waals surface area contributed by atoms with Crippen LogP contribution in [0.25, 0.3) is 0 Å². The molecule has 0 aliphatic rings. The predicted molar refractivity (Wildman–Crippen MR) is 81.5 cm³/mol. The molecule has 0 fully saturated rings. The van der Waals surface area contributed by atoms with Crippen molar-refractivity contribution in [2.24, 2.45) is 11.8 Å². The summed E-state index contributed by atoms with van der Waals surface area (Å²) >= 11 is 18.0. The van der Waals surface area contributed by atoms with Crippen molar-refractivity contribution in [3.63, 3.8) is 0 Å². The molecule has 0 aromatic carbocycles. The fraction of sp³-hybridized carbons (Fsp3) is 0.800. The van der Waals surface area contributed by atoms with Crippen molar-refractivity contribution in [3.05, 3.63) is 0 Å². The first kappa shape index (κ1) is 23.0. The van der Waals surface area contributed by atoms with Gasteiger partial charge >= 0.3 is 21.1 Å². The van der Waals surface area contributed by atoms with Gasteiger partial charge in [-0.2, -0.15) is 0 Å². The summed E-state index contributed by atoms with van der Waals surface area (Å²) < 4.78 is 10.1. The monoisotopic (exact) mass is 493 g/mol. The third kappa shape index (κ3) is 31.6. The van der Waals surface area contributed by atoms with E-state index in [1.54, 1.807) is 0 Å². The summed E-state index contributed by atoms with van der Waals surface area (Å²) in [6.07, 6.45) is 0. The normalized spacial score (nSPS) is 8.82. The fourth-order valence-corrected chi connectivity index (χ4v) is 0.742. The summed E-state index contributed by atoms with van der Waals surface area (Å²) in [6, 6.07) is 0. The largest absolute Gasteiger partial charge is 2.00 e. The van der Waals surface area contributed by atoms with Gasteiger partial charge in [-0.3, -0.25) is 0 Å². The first-order valence-corrected chi connectivity index (χ1v) is 6.56. The zero-order valence-electron chi connectivity index (χ0n) is 10.3. The summed E-state index contributed by atoms with van der Waals surface area (Å²) in [7, 11) is 0. The molecule has 0 unspecified atom stereocenters. The van der Waals surface area contributed by atoms with E-state index in [4.69, 9.17) is 9.47 Å². The van der Waals surface area contributed by atoms with Gasteiger partial charge in [-0.05, 0) is 11.8 Å². The maximum atomic E-state index is 4.85. The van der Waals surface area contributed by atoms with E-state index in [-0.39, 0.29) is 29.8 Å². The molecule has 0 aliphatic carbocycles. The van der Waals surface area contributed by atoms with Gasteiger partial charge in [0, 0.05) is 8.77 Å². The third-order valence-electron chi connectivity index (χ3n) is 1.07. The van der Waals surface area contributed by atoms with Crippen LogP contribution in [0.2, 0.25) is 0 Å². The van der Waals surface area contributed by atoms with Crippen molar-refractivity contribution < 1.29 is 30.5 Å². The Balaban J connectivity index is -0.000000218. The van der Waals surface area contributed by atoms with Crippen LogP contribution in [-0.2, 0) is 55.8 Å². The van der Waals surface area contributed by atoms with Gasteiger partial charge in [0.1, 0.15) is 0 Å². The number of ether oxygens (including phenoxy) is 2. The van der Waals surface area contributed by atoms with Gasteiger partial charge < -0.3 is 59.2 Å². The molecule has 0 radical (unpaired) electrons. The smallest absolute Gasteiger partial charge is 0.513 e. The molecule has 0 atom stereocenters. The number of thiocarbonyl (C=S) groups is 2. The van der Waals surface area contributed by atoms with E-state index >= 15 is 0 Å². The number of rotatable bonds is 4. The van der Waals surface area contributed by atoms with Gasteiger partial charge in [0.05, 0.1) is 13.2 Å². The molecule has 0 saturated heterocycles. The quantitative estimate of drug-likeness (QED) is 0.440. The van der Waals surface area contributed by atoms with Crippen LogP contribution in [0.15, 0.2) is 0 Å². The Bertz CT molecular complexity index is 188. The van der Waals surface area contributed by atoms with Crippen molar-refractivity contribution in [1.29, 1.82) is 0 Å². The average molecular weight is 494 g/mol. The molecule has 17 heavy (non-hydrogen) atoms. The summed E-state index contributed by atoms with van der Waals surface area (Å²) in [5.74, 6) is 1.02. The van der Waals surface area contributed by atoms with Crippen LogP contribution in [0, 0.1) is 11.8 Å². The van der Waals surface area contributed by atoms with E-state index in [0.717, 1.165) is 0 Å². The number of hydrogen-bond acceptors (Lipinski definition) is 6. The van der Waals surface area contributed by atoms with Crippen LogP contribution in [0.4, 0.5) is 0 Å². The summed E-state index contributed by atoms with van der Waals surface area (Å²) in [5.41, 5.74) is 0. The maximum absolute atomic E-state index is 4.85. The Hall–Kier alpha value is 0.908. The molecule has 0 spiro atoms. The molecule has 2 nitrogen and oxygen atoms in total. The van der Waals surface area contributed by atoms with Crippen LogP contribution in [0.3, 0.4) is 0 Å². The van der Waals surface area contributed by atoms with E-state index in [1.165, 1.54) is 0 Å². The second-order valence-corrected chi connectivity index (χ2v) is 5.91. The van der Waals surface area contributed by atoms with E-state index in [0.29, 0.717) is 25.0 Å². The van der Waals surface area contributed by atoms with Gasteiger partial charge in [0.2, 0.25) is 0 Å². The van der Waals surface area contributed by atoms with E-state index < -0.39 is 0 Å². The van der Waals surface area contributed by atoms with Gasteiger partial charge in [0.15, 0.2) is 0 Å². The summed E-state index contributed by atoms with van der Waals surface area (Å²) in [6.45, 7) is 9.48. The molecule has 7 heteroatoms. The van der Waals surface area contributed by atoms with Crippen molar-refractivity contribution in [1.82, 2.24) is 0 Å². The van der Waals surface area contributed by atoms with Crippen LogP contribution < -0.4 is 0 Å². The van der Waals surface area contributed by atoms with Crippen LogP contribution in [0.5, 0.6) is 0 Å². The summed E-state index contributed by atoms with van der Waals surface area (Å²) in [4.78, 5) is 0. The first-order valence-electron chi connectivity index (χ1n) is 4.93. The molecular weight excluding hydrogens is 475 g/mol.